The molecule has 37 heavy (non-hydrogen) atoms. The third-order valence-electron chi connectivity index (χ3n) is 5.33. The first-order chi connectivity index (χ1) is 18.0. The molecular weight excluding hydrogens is 477 g/mol. The summed E-state index contributed by atoms with van der Waals surface area (Å²) < 4.78 is 39.2. The van der Waals surface area contributed by atoms with Gasteiger partial charge in [-0.2, -0.15) is 0 Å². The van der Waals surface area contributed by atoms with Crippen molar-refractivity contribution < 1.29 is 27.7 Å². The van der Waals surface area contributed by atoms with Crippen molar-refractivity contribution in [3.63, 3.8) is 0 Å². The summed E-state index contributed by atoms with van der Waals surface area (Å²) in [5.41, 5.74) is 1.36. The molecule has 2 amide bonds. The fourth-order valence-electron chi connectivity index (χ4n) is 3.39. The van der Waals surface area contributed by atoms with Crippen LogP contribution >= 0.6 is 0 Å². The molecule has 9 heteroatoms. The molecule has 0 fully saturated rings. The molecule has 0 aliphatic heterocycles. The van der Waals surface area contributed by atoms with E-state index in [1.54, 1.807) is 0 Å². The number of nitrogens with one attached hydrogen (secondary N) is 2. The summed E-state index contributed by atoms with van der Waals surface area (Å²) in [4.78, 5) is 24.9. The van der Waals surface area contributed by atoms with Crippen LogP contribution in [0.2, 0.25) is 0 Å². The standard InChI is InChI=1S/C28H22BF2N2O4/c30-25-13-11-21(15-23(25)27(34)32-17-19-7-3-1-4-8-19)36-29-37-22-12-14-26(31)24(16-22)28(35)33-18-20-9-5-2-6-10-20/h1-16H,17-18H2,(H,32,34)(H,33,35). The van der Waals surface area contributed by atoms with Gasteiger partial charge in [0.15, 0.2) is 0 Å². The van der Waals surface area contributed by atoms with E-state index in [1.165, 1.54) is 24.3 Å². The van der Waals surface area contributed by atoms with Gasteiger partial charge >= 0.3 is 7.69 Å². The highest BCUT2D eigenvalue weighted by Crippen LogP contribution is 2.19. The Bertz CT molecular complexity index is 1270. The summed E-state index contributed by atoms with van der Waals surface area (Å²) in [5.74, 6) is -2.31. The molecule has 0 saturated carbocycles. The second-order valence-corrected chi connectivity index (χ2v) is 7.95. The third-order valence-corrected chi connectivity index (χ3v) is 5.33. The Balaban J connectivity index is 1.32. The lowest BCUT2D eigenvalue weighted by Gasteiger charge is -2.11. The predicted molar refractivity (Wildman–Crippen MR) is 135 cm³/mol. The zero-order valence-electron chi connectivity index (χ0n) is 19.6. The molecule has 4 aromatic carbocycles. The molecule has 2 N–H and O–H groups in total. The van der Waals surface area contributed by atoms with Crippen molar-refractivity contribution in [2.45, 2.75) is 13.1 Å². The molecule has 0 spiro atoms. The number of rotatable bonds is 10. The monoisotopic (exact) mass is 499 g/mol. The Morgan fingerprint density at radius 1 is 0.622 bits per heavy atom. The molecule has 0 saturated heterocycles. The second kappa shape index (κ2) is 12.3. The quantitative estimate of drug-likeness (QED) is 0.307. The fourth-order valence-corrected chi connectivity index (χ4v) is 3.39. The van der Waals surface area contributed by atoms with E-state index >= 15 is 0 Å². The summed E-state index contributed by atoms with van der Waals surface area (Å²) in [6.07, 6.45) is 0. The maximum Gasteiger partial charge on any atom is 0.658 e. The first-order valence-electron chi connectivity index (χ1n) is 11.4. The van der Waals surface area contributed by atoms with Crippen LogP contribution in [0, 0.1) is 11.6 Å². The summed E-state index contributed by atoms with van der Waals surface area (Å²) in [6, 6.07) is 25.8. The van der Waals surface area contributed by atoms with E-state index in [4.69, 9.17) is 9.31 Å². The molecule has 4 rings (SSSR count). The van der Waals surface area contributed by atoms with Crippen LogP contribution in [0.4, 0.5) is 8.78 Å². The van der Waals surface area contributed by atoms with Gasteiger partial charge in [0.25, 0.3) is 11.8 Å². The van der Waals surface area contributed by atoms with Gasteiger partial charge in [-0.1, -0.05) is 60.7 Å². The molecule has 185 valence electrons. The minimum absolute atomic E-state index is 0.147. The van der Waals surface area contributed by atoms with Crippen molar-refractivity contribution in [3.05, 3.63) is 131 Å². The van der Waals surface area contributed by atoms with E-state index in [9.17, 15) is 18.4 Å². The minimum Gasteiger partial charge on any atom is -0.526 e. The van der Waals surface area contributed by atoms with Gasteiger partial charge in [-0.05, 0) is 47.5 Å². The molecule has 1 radical (unpaired) electrons. The Kier molecular flexibility index (Phi) is 8.49. The Hall–Kier alpha value is -4.66. The van der Waals surface area contributed by atoms with Crippen LogP contribution < -0.4 is 19.9 Å². The van der Waals surface area contributed by atoms with Crippen molar-refractivity contribution in [1.29, 1.82) is 0 Å². The number of carbonyl (C=O) groups is 2. The van der Waals surface area contributed by atoms with E-state index in [0.717, 1.165) is 30.9 Å². The van der Waals surface area contributed by atoms with Gasteiger partial charge < -0.3 is 19.9 Å². The summed E-state index contributed by atoms with van der Waals surface area (Å²) >= 11 is 0. The van der Waals surface area contributed by atoms with Crippen LogP contribution in [0.5, 0.6) is 11.5 Å². The predicted octanol–water partition coefficient (Wildman–Crippen LogP) is 4.82. The average Bonchev–Trinajstić information content (AvgIpc) is 2.93. The minimum atomic E-state index is -0.705. The zero-order valence-corrected chi connectivity index (χ0v) is 19.6. The highest BCUT2D eigenvalue weighted by molar-refractivity contribution is 6.20. The summed E-state index contributed by atoms with van der Waals surface area (Å²) in [7, 11) is 0.942. The van der Waals surface area contributed by atoms with Gasteiger partial charge in [0.1, 0.15) is 23.1 Å². The first kappa shape index (κ1) is 25.4. The number of amides is 2. The average molecular weight is 499 g/mol. The smallest absolute Gasteiger partial charge is 0.526 e. The van der Waals surface area contributed by atoms with Crippen LogP contribution in [0.3, 0.4) is 0 Å². The van der Waals surface area contributed by atoms with Crippen LogP contribution in [-0.2, 0) is 13.1 Å². The Morgan fingerprint density at radius 3 is 1.43 bits per heavy atom. The Morgan fingerprint density at radius 2 is 1.03 bits per heavy atom. The van der Waals surface area contributed by atoms with E-state index in [2.05, 4.69) is 10.6 Å². The maximum atomic E-state index is 14.2. The molecule has 0 unspecified atom stereocenters. The maximum absolute atomic E-state index is 14.2. The number of benzene rings is 4. The third kappa shape index (κ3) is 7.17. The van der Waals surface area contributed by atoms with E-state index in [1.807, 2.05) is 60.7 Å². The summed E-state index contributed by atoms with van der Waals surface area (Å²) in [6.45, 7) is 0.483. The van der Waals surface area contributed by atoms with Crippen molar-refractivity contribution in [2.24, 2.45) is 0 Å². The van der Waals surface area contributed by atoms with Crippen molar-refractivity contribution in [3.8, 4) is 11.5 Å². The van der Waals surface area contributed by atoms with Gasteiger partial charge in [-0.3, -0.25) is 9.59 Å². The highest BCUT2D eigenvalue weighted by Gasteiger charge is 2.16. The van der Waals surface area contributed by atoms with Crippen molar-refractivity contribution in [2.75, 3.05) is 0 Å². The number of halogens is 2. The van der Waals surface area contributed by atoms with E-state index < -0.39 is 23.4 Å². The largest absolute Gasteiger partial charge is 0.658 e. The number of carbonyl (C=O) groups excluding carboxylic acids is 2. The van der Waals surface area contributed by atoms with Crippen LogP contribution in [-0.4, -0.2) is 19.5 Å². The molecule has 0 aromatic heterocycles. The number of hydrogen-bond acceptors (Lipinski definition) is 4. The molecule has 6 nitrogen and oxygen atoms in total. The SMILES string of the molecule is O=C(NCc1ccccc1)c1cc(O[B]Oc2ccc(F)c(C(=O)NCc3ccccc3)c2)ccc1F. The zero-order chi connectivity index (χ0) is 26.0. The number of hydrogen-bond donors (Lipinski definition) is 2. The van der Waals surface area contributed by atoms with Crippen LogP contribution in [0.25, 0.3) is 0 Å². The van der Waals surface area contributed by atoms with Gasteiger partial charge in [0.2, 0.25) is 0 Å². The highest BCUT2D eigenvalue weighted by atomic mass is 19.1. The lowest BCUT2D eigenvalue weighted by molar-refractivity contribution is 0.0938. The van der Waals surface area contributed by atoms with Crippen molar-refractivity contribution >= 4 is 19.5 Å². The molecule has 0 aliphatic rings. The van der Waals surface area contributed by atoms with Crippen LogP contribution in [0.15, 0.2) is 97.1 Å². The summed E-state index contributed by atoms with van der Waals surface area (Å²) in [5, 5.41) is 5.32. The molecule has 0 heterocycles. The van der Waals surface area contributed by atoms with E-state index in [-0.39, 0.29) is 35.7 Å². The molecular formula is C28H22BF2N2O4. The molecule has 0 aliphatic carbocycles. The lowest BCUT2D eigenvalue weighted by atomic mass is 10.1. The first-order valence-corrected chi connectivity index (χ1v) is 11.4. The normalized spacial score (nSPS) is 10.3. The van der Waals surface area contributed by atoms with Gasteiger partial charge in [-0.25, -0.2) is 8.78 Å². The molecule has 0 atom stereocenters. The van der Waals surface area contributed by atoms with E-state index in [0.29, 0.717) is 0 Å². The van der Waals surface area contributed by atoms with Gasteiger partial charge in [0, 0.05) is 13.1 Å². The van der Waals surface area contributed by atoms with Gasteiger partial charge in [0.05, 0.1) is 11.1 Å². The van der Waals surface area contributed by atoms with Crippen molar-refractivity contribution in [1.82, 2.24) is 10.6 Å². The Labute approximate surface area is 213 Å². The lowest BCUT2D eigenvalue weighted by Crippen LogP contribution is -2.24. The van der Waals surface area contributed by atoms with Crippen LogP contribution in [0.1, 0.15) is 31.8 Å². The molecule has 4 aromatic rings. The topological polar surface area (TPSA) is 76.7 Å². The fraction of sp³-hybridized carbons (Fsp3) is 0.0714. The molecule has 0 bridgehead atoms. The second-order valence-electron chi connectivity index (χ2n) is 7.95. The van der Waals surface area contributed by atoms with Gasteiger partial charge in [-0.15, -0.1) is 0 Å².